The van der Waals surface area contributed by atoms with Crippen LogP contribution in [0.25, 0.3) is 12.2 Å². The summed E-state index contributed by atoms with van der Waals surface area (Å²) in [7, 11) is 0. The third-order valence-corrected chi connectivity index (χ3v) is 5.74. The zero-order valence-corrected chi connectivity index (χ0v) is 18.9. The van der Waals surface area contributed by atoms with Gasteiger partial charge in [0.15, 0.2) is 0 Å². The van der Waals surface area contributed by atoms with Crippen molar-refractivity contribution in [1.29, 1.82) is 0 Å². The predicted octanol–water partition coefficient (Wildman–Crippen LogP) is 8.62. The van der Waals surface area contributed by atoms with E-state index in [4.69, 9.17) is 14.5 Å². The molecule has 2 heterocycles. The molecule has 1 aromatic heterocycles. The Morgan fingerprint density at radius 3 is 2.00 bits per heavy atom. The lowest BCUT2D eigenvalue weighted by Crippen LogP contribution is -2.13. The average Bonchev–Trinajstić information content (AvgIpc) is 3.07. The van der Waals surface area contributed by atoms with Crippen LogP contribution in [0.2, 0.25) is 0 Å². The molecule has 0 amide bonds. The van der Waals surface area contributed by atoms with Crippen molar-refractivity contribution in [3.63, 3.8) is 0 Å². The first kappa shape index (κ1) is 20.8. The molecule has 0 spiro atoms. The molecule has 4 aromatic carbocycles. The molecule has 0 fully saturated rings. The number of pyridine rings is 1. The third-order valence-electron chi connectivity index (χ3n) is 5.74. The monoisotopic (exact) mass is 454 g/mol. The summed E-state index contributed by atoms with van der Waals surface area (Å²) in [5.41, 5.74) is 4.22. The maximum Gasteiger partial charge on any atom is 0.144 e. The molecule has 35 heavy (non-hydrogen) atoms. The number of aromatic nitrogens is 1. The number of benzene rings is 4. The average molecular weight is 455 g/mol. The highest BCUT2D eigenvalue weighted by Gasteiger charge is 2.21. The second-order valence-corrected chi connectivity index (χ2v) is 8.13. The topological polar surface area (TPSA) is 34.6 Å². The summed E-state index contributed by atoms with van der Waals surface area (Å²) in [4.78, 5) is 6.89. The zero-order valence-electron chi connectivity index (χ0n) is 18.9. The van der Waals surface area contributed by atoms with Crippen molar-refractivity contribution in [2.45, 2.75) is 0 Å². The minimum Gasteiger partial charge on any atom is -0.457 e. The molecular weight excluding hydrogens is 432 g/mol. The van der Waals surface area contributed by atoms with Crippen molar-refractivity contribution in [3.05, 3.63) is 133 Å². The van der Waals surface area contributed by atoms with Crippen molar-refractivity contribution in [3.8, 4) is 23.0 Å². The van der Waals surface area contributed by atoms with E-state index in [-0.39, 0.29) is 0 Å². The number of hydrogen-bond acceptors (Lipinski definition) is 4. The number of nitrogens with zero attached hydrogens (tertiary/aromatic N) is 2. The quantitative estimate of drug-likeness (QED) is 0.261. The number of fused-ring (bicyclic) bond motifs is 2. The van der Waals surface area contributed by atoms with Gasteiger partial charge in [-0.2, -0.15) is 0 Å². The van der Waals surface area contributed by atoms with Crippen molar-refractivity contribution in [2.24, 2.45) is 0 Å². The van der Waals surface area contributed by atoms with Gasteiger partial charge in [-0.1, -0.05) is 60.7 Å². The van der Waals surface area contributed by atoms with E-state index in [1.165, 1.54) is 0 Å². The Morgan fingerprint density at radius 2 is 1.14 bits per heavy atom. The first-order valence-corrected chi connectivity index (χ1v) is 11.5. The number of para-hydroxylation sites is 2. The summed E-state index contributed by atoms with van der Waals surface area (Å²) in [6, 6.07) is 37.8. The summed E-state index contributed by atoms with van der Waals surface area (Å²) >= 11 is 0. The highest BCUT2D eigenvalue weighted by atomic mass is 16.5. The van der Waals surface area contributed by atoms with Crippen LogP contribution in [0.4, 0.5) is 17.2 Å². The van der Waals surface area contributed by atoms with E-state index in [1.807, 2.05) is 91.1 Å². The molecule has 1 aliphatic heterocycles. The first-order valence-electron chi connectivity index (χ1n) is 11.5. The Bertz CT molecular complexity index is 1460. The van der Waals surface area contributed by atoms with E-state index in [0.29, 0.717) is 5.75 Å². The number of rotatable bonds is 5. The lowest BCUT2D eigenvalue weighted by atomic mass is 10.1. The fraction of sp³-hybridized carbons (Fsp3) is 0. The number of ether oxygens (including phenoxy) is 2. The lowest BCUT2D eigenvalue weighted by Gasteiger charge is -2.26. The van der Waals surface area contributed by atoms with Crippen LogP contribution in [-0.4, -0.2) is 4.98 Å². The minimum absolute atomic E-state index is 0.701. The molecule has 1 aliphatic rings. The van der Waals surface area contributed by atoms with Crippen LogP contribution >= 0.6 is 0 Å². The Kier molecular flexibility index (Phi) is 5.45. The molecular formula is C31H22N2O2. The van der Waals surface area contributed by atoms with E-state index < -0.39 is 0 Å². The maximum atomic E-state index is 6.25. The van der Waals surface area contributed by atoms with Gasteiger partial charge in [-0.05, 0) is 60.2 Å². The van der Waals surface area contributed by atoms with Crippen LogP contribution in [0.1, 0.15) is 11.1 Å². The molecule has 0 radical (unpaired) electrons. The highest BCUT2D eigenvalue weighted by molar-refractivity contribution is 5.91. The van der Waals surface area contributed by atoms with Crippen molar-refractivity contribution in [2.75, 3.05) is 4.90 Å². The Labute approximate surface area is 204 Å². The summed E-state index contributed by atoms with van der Waals surface area (Å²) in [5.74, 6) is 3.81. The van der Waals surface area contributed by atoms with Gasteiger partial charge >= 0.3 is 0 Å². The van der Waals surface area contributed by atoms with E-state index in [1.54, 1.807) is 0 Å². The SMILES string of the molecule is C1=Cc2cccnc2N(c2cccc(Oc3cccc(Oc4ccccc4)c3)c2)c2ccccc21. The van der Waals surface area contributed by atoms with Gasteiger partial charge in [0.25, 0.3) is 0 Å². The molecule has 0 saturated heterocycles. The van der Waals surface area contributed by atoms with E-state index >= 15 is 0 Å². The van der Waals surface area contributed by atoms with Crippen molar-refractivity contribution in [1.82, 2.24) is 4.98 Å². The second-order valence-electron chi connectivity index (χ2n) is 8.13. The Balaban J connectivity index is 1.33. The fourth-order valence-electron chi connectivity index (χ4n) is 4.16. The van der Waals surface area contributed by atoms with Gasteiger partial charge in [0.1, 0.15) is 28.8 Å². The van der Waals surface area contributed by atoms with Gasteiger partial charge in [-0.3, -0.25) is 4.90 Å². The fourth-order valence-corrected chi connectivity index (χ4v) is 4.16. The zero-order chi connectivity index (χ0) is 23.5. The van der Waals surface area contributed by atoms with E-state index in [0.717, 1.165) is 45.6 Å². The summed E-state index contributed by atoms with van der Waals surface area (Å²) in [6.45, 7) is 0. The minimum atomic E-state index is 0.701. The van der Waals surface area contributed by atoms with Crippen LogP contribution in [0.3, 0.4) is 0 Å². The largest absolute Gasteiger partial charge is 0.457 e. The summed E-state index contributed by atoms with van der Waals surface area (Å²) in [5, 5.41) is 0. The van der Waals surface area contributed by atoms with Crippen LogP contribution in [0.15, 0.2) is 121 Å². The van der Waals surface area contributed by atoms with Crippen LogP contribution in [-0.2, 0) is 0 Å². The van der Waals surface area contributed by atoms with Crippen LogP contribution < -0.4 is 14.4 Å². The molecule has 5 aromatic rings. The predicted molar refractivity (Wildman–Crippen MR) is 141 cm³/mol. The van der Waals surface area contributed by atoms with Gasteiger partial charge in [-0.25, -0.2) is 4.98 Å². The van der Waals surface area contributed by atoms with Gasteiger partial charge in [0.05, 0.1) is 11.4 Å². The van der Waals surface area contributed by atoms with Gasteiger partial charge in [0.2, 0.25) is 0 Å². The molecule has 0 unspecified atom stereocenters. The maximum absolute atomic E-state index is 6.25. The third kappa shape index (κ3) is 4.37. The lowest BCUT2D eigenvalue weighted by molar-refractivity contribution is 0.460. The molecule has 0 atom stereocenters. The van der Waals surface area contributed by atoms with E-state index in [2.05, 4.69) is 47.4 Å². The van der Waals surface area contributed by atoms with Crippen molar-refractivity contribution >= 4 is 29.3 Å². The summed E-state index contributed by atoms with van der Waals surface area (Å²) in [6.07, 6.45) is 6.07. The molecule has 0 saturated carbocycles. The molecule has 0 N–H and O–H groups in total. The number of hydrogen-bond donors (Lipinski definition) is 0. The first-order chi connectivity index (χ1) is 17.3. The van der Waals surface area contributed by atoms with Gasteiger partial charge in [0, 0.05) is 23.9 Å². The van der Waals surface area contributed by atoms with Crippen LogP contribution in [0, 0.1) is 0 Å². The smallest absolute Gasteiger partial charge is 0.144 e. The van der Waals surface area contributed by atoms with Gasteiger partial charge in [-0.15, -0.1) is 0 Å². The summed E-state index contributed by atoms with van der Waals surface area (Å²) < 4.78 is 12.2. The Hall–Kier alpha value is -4.83. The van der Waals surface area contributed by atoms with E-state index in [9.17, 15) is 0 Å². The second kappa shape index (κ2) is 9.20. The highest BCUT2D eigenvalue weighted by Crippen LogP contribution is 2.41. The molecule has 0 aliphatic carbocycles. The molecule has 4 nitrogen and oxygen atoms in total. The molecule has 168 valence electrons. The Morgan fingerprint density at radius 1 is 0.514 bits per heavy atom. The molecule has 4 heteroatoms. The van der Waals surface area contributed by atoms with Crippen LogP contribution in [0.5, 0.6) is 23.0 Å². The standard InChI is InChI=1S/C31H22N2O2/c1-2-12-26(13-3-1)34-28-15-7-16-29(22-28)35-27-14-6-11-25(21-27)33-30-17-5-4-9-23(30)18-19-24-10-8-20-32-31(24)33/h1-22H. The molecule has 0 bridgehead atoms. The molecule has 6 rings (SSSR count). The number of anilines is 3. The normalized spacial score (nSPS) is 11.8. The van der Waals surface area contributed by atoms with Gasteiger partial charge < -0.3 is 9.47 Å². The van der Waals surface area contributed by atoms with Crippen molar-refractivity contribution < 1.29 is 9.47 Å².